The standard InChI is InChI=1S/C22H25NO4/c1-13-7-5-6-8-15(13)14-9-10-16-17(11-14)18(24)12-19(25)20(16)23-21(26)27-22(2,3)4/h5-11,18,20,24H,12H2,1-4H3,(H,23,26)/t18-,20?/m1/s1. The van der Waals surface area contributed by atoms with Gasteiger partial charge in [-0.2, -0.15) is 0 Å². The zero-order chi connectivity index (χ0) is 19.8. The molecule has 2 N–H and O–H groups in total. The average molecular weight is 367 g/mol. The highest BCUT2D eigenvalue weighted by atomic mass is 16.6. The van der Waals surface area contributed by atoms with E-state index in [0.29, 0.717) is 11.1 Å². The van der Waals surface area contributed by atoms with Crippen LogP contribution in [0.15, 0.2) is 42.5 Å². The SMILES string of the molecule is Cc1ccccc1-c1ccc2c(c1)[C@H](O)CC(=O)C2NC(=O)OC(C)(C)C. The van der Waals surface area contributed by atoms with Gasteiger partial charge >= 0.3 is 6.09 Å². The monoisotopic (exact) mass is 367 g/mol. The molecule has 0 saturated carbocycles. The fourth-order valence-corrected chi connectivity index (χ4v) is 3.37. The van der Waals surface area contributed by atoms with Crippen molar-refractivity contribution in [3.8, 4) is 11.1 Å². The zero-order valence-electron chi connectivity index (χ0n) is 16.1. The molecule has 5 nitrogen and oxygen atoms in total. The molecule has 0 saturated heterocycles. The van der Waals surface area contributed by atoms with E-state index in [1.165, 1.54) is 0 Å². The lowest BCUT2D eigenvalue weighted by Gasteiger charge is -2.30. The van der Waals surface area contributed by atoms with Gasteiger partial charge in [-0.3, -0.25) is 4.79 Å². The molecular formula is C22H25NO4. The predicted octanol–water partition coefficient (Wildman–Crippen LogP) is 4.23. The molecule has 0 fully saturated rings. The van der Waals surface area contributed by atoms with Crippen molar-refractivity contribution in [1.82, 2.24) is 5.32 Å². The molecule has 1 unspecified atom stereocenters. The summed E-state index contributed by atoms with van der Waals surface area (Å²) >= 11 is 0. The molecule has 1 aliphatic rings. The van der Waals surface area contributed by atoms with Crippen LogP contribution in [0.2, 0.25) is 0 Å². The second-order valence-corrected chi connectivity index (χ2v) is 7.92. The quantitative estimate of drug-likeness (QED) is 0.833. The lowest BCUT2D eigenvalue weighted by atomic mass is 9.83. The Balaban J connectivity index is 1.95. The van der Waals surface area contributed by atoms with Gasteiger partial charge in [-0.15, -0.1) is 0 Å². The lowest BCUT2D eigenvalue weighted by molar-refractivity contribution is -0.124. The maximum absolute atomic E-state index is 12.4. The second-order valence-electron chi connectivity index (χ2n) is 7.92. The van der Waals surface area contributed by atoms with Crippen LogP contribution in [0, 0.1) is 6.92 Å². The van der Waals surface area contributed by atoms with Crippen LogP contribution in [0.4, 0.5) is 4.79 Å². The minimum Gasteiger partial charge on any atom is -0.444 e. The minimum atomic E-state index is -0.881. The van der Waals surface area contributed by atoms with E-state index in [0.717, 1.165) is 16.7 Å². The van der Waals surface area contributed by atoms with E-state index >= 15 is 0 Å². The summed E-state index contributed by atoms with van der Waals surface area (Å²) in [7, 11) is 0. The second kappa shape index (κ2) is 7.16. The number of Topliss-reactive ketones (excluding diaryl/α,β-unsaturated/α-hetero) is 1. The Kier molecular flexibility index (Phi) is 5.07. The Hall–Kier alpha value is -2.66. The van der Waals surface area contributed by atoms with Crippen molar-refractivity contribution >= 4 is 11.9 Å². The van der Waals surface area contributed by atoms with E-state index in [1.807, 2.05) is 43.3 Å². The predicted molar refractivity (Wildman–Crippen MR) is 103 cm³/mol. The lowest BCUT2D eigenvalue weighted by Crippen LogP contribution is -2.40. The normalized spacial score (nSPS) is 19.4. The number of ether oxygens (including phenoxy) is 1. The molecule has 3 rings (SSSR count). The maximum Gasteiger partial charge on any atom is 0.408 e. The number of carbonyl (C=O) groups is 2. The van der Waals surface area contributed by atoms with Crippen molar-refractivity contribution in [2.24, 2.45) is 0 Å². The van der Waals surface area contributed by atoms with Crippen LogP contribution in [-0.2, 0) is 9.53 Å². The van der Waals surface area contributed by atoms with Crippen molar-refractivity contribution in [2.45, 2.75) is 51.9 Å². The van der Waals surface area contributed by atoms with Gasteiger partial charge in [0.2, 0.25) is 0 Å². The molecule has 27 heavy (non-hydrogen) atoms. The third kappa shape index (κ3) is 4.19. The molecule has 0 aromatic heterocycles. The fourth-order valence-electron chi connectivity index (χ4n) is 3.37. The van der Waals surface area contributed by atoms with Crippen molar-refractivity contribution < 1.29 is 19.4 Å². The zero-order valence-corrected chi connectivity index (χ0v) is 16.1. The molecule has 1 amide bonds. The molecular weight excluding hydrogens is 342 g/mol. The summed E-state index contributed by atoms with van der Waals surface area (Å²) in [6, 6.07) is 12.8. The van der Waals surface area contributed by atoms with Gasteiger partial charge in [0, 0.05) is 6.42 Å². The Morgan fingerprint density at radius 2 is 1.85 bits per heavy atom. The molecule has 2 aromatic carbocycles. The van der Waals surface area contributed by atoms with E-state index in [1.54, 1.807) is 26.8 Å². The van der Waals surface area contributed by atoms with Crippen molar-refractivity contribution in [2.75, 3.05) is 0 Å². The number of amides is 1. The van der Waals surface area contributed by atoms with Crippen LogP contribution in [0.1, 0.15) is 56.0 Å². The first-order chi connectivity index (χ1) is 12.7. The number of carbonyl (C=O) groups excluding carboxylic acids is 2. The molecule has 1 aliphatic carbocycles. The molecule has 0 radical (unpaired) electrons. The van der Waals surface area contributed by atoms with Crippen LogP contribution in [0.5, 0.6) is 0 Å². The van der Waals surface area contributed by atoms with E-state index in [4.69, 9.17) is 4.74 Å². The van der Waals surface area contributed by atoms with Gasteiger partial charge in [0.1, 0.15) is 11.6 Å². The smallest absolute Gasteiger partial charge is 0.408 e. The van der Waals surface area contributed by atoms with Crippen LogP contribution in [0.25, 0.3) is 11.1 Å². The number of aliphatic hydroxyl groups is 1. The summed E-state index contributed by atoms with van der Waals surface area (Å²) in [6.07, 6.45) is -1.57. The maximum atomic E-state index is 12.4. The third-order valence-electron chi connectivity index (χ3n) is 4.59. The highest BCUT2D eigenvalue weighted by molar-refractivity contribution is 5.91. The highest BCUT2D eigenvalue weighted by Crippen LogP contribution is 2.37. The topological polar surface area (TPSA) is 75.6 Å². The van der Waals surface area contributed by atoms with E-state index in [-0.39, 0.29) is 12.2 Å². The number of alkyl carbamates (subject to hydrolysis) is 1. The van der Waals surface area contributed by atoms with Gasteiger partial charge in [-0.05, 0) is 61.6 Å². The van der Waals surface area contributed by atoms with E-state index in [9.17, 15) is 14.7 Å². The first kappa shape index (κ1) is 19.1. The average Bonchev–Trinajstić information content (AvgIpc) is 2.57. The van der Waals surface area contributed by atoms with Gasteiger partial charge in [-0.1, -0.05) is 36.4 Å². The van der Waals surface area contributed by atoms with Crippen molar-refractivity contribution in [3.05, 3.63) is 59.2 Å². The number of aliphatic hydroxyl groups excluding tert-OH is 1. The van der Waals surface area contributed by atoms with Gasteiger partial charge in [0.15, 0.2) is 5.78 Å². The van der Waals surface area contributed by atoms with Crippen molar-refractivity contribution in [3.63, 3.8) is 0 Å². The number of aryl methyl sites for hydroxylation is 1. The number of nitrogens with one attached hydrogen (secondary N) is 1. The number of hydrogen-bond donors (Lipinski definition) is 2. The van der Waals surface area contributed by atoms with Gasteiger partial charge in [-0.25, -0.2) is 4.79 Å². The van der Waals surface area contributed by atoms with Crippen LogP contribution < -0.4 is 5.32 Å². The Bertz CT molecular complexity index is 882. The Labute approximate surface area is 159 Å². The molecule has 2 atom stereocenters. The highest BCUT2D eigenvalue weighted by Gasteiger charge is 2.35. The third-order valence-corrected chi connectivity index (χ3v) is 4.59. The summed E-state index contributed by atoms with van der Waals surface area (Å²) in [4.78, 5) is 24.6. The minimum absolute atomic E-state index is 0.0370. The number of hydrogen-bond acceptors (Lipinski definition) is 4. The summed E-state index contributed by atoms with van der Waals surface area (Å²) in [5.41, 5.74) is 3.79. The number of rotatable bonds is 2. The van der Waals surface area contributed by atoms with E-state index < -0.39 is 23.8 Å². The Morgan fingerprint density at radius 1 is 1.15 bits per heavy atom. The number of fused-ring (bicyclic) bond motifs is 1. The van der Waals surface area contributed by atoms with Gasteiger partial charge < -0.3 is 15.2 Å². The van der Waals surface area contributed by atoms with Crippen LogP contribution in [0.3, 0.4) is 0 Å². The molecule has 0 heterocycles. The summed E-state index contributed by atoms with van der Waals surface area (Å²) in [5.74, 6) is -0.232. The van der Waals surface area contributed by atoms with Gasteiger partial charge in [0.25, 0.3) is 0 Å². The van der Waals surface area contributed by atoms with Crippen molar-refractivity contribution in [1.29, 1.82) is 0 Å². The molecule has 2 aromatic rings. The van der Waals surface area contributed by atoms with Crippen LogP contribution >= 0.6 is 0 Å². The first-order valence-corrected chi connectivity index (χ1v) is 9.06. The molecule has 5 heteroatoms. The fraction of sp³-hybridized carbons (Fsp3) is 0.364. The molecule has 0 spiro atoms. The molecule has 0 aliphatic heterocycles. The number of ketones is 1. The summed E-state index contributed by atoms with van der Waals surface area (Å²) in [5, 5.41) is 13.1. The van der Waals surface area contributed by atoms with Crippen LogP contribution in [-0.4, -0.2) is 22.6 Å². The summed E-state index contributed by atoms with van der Waals surface area (Å²) in [6.45, 7) is 7.33. The Morgan fingerprint density at radius 3 is 2.52 bits per heavy atom. The van der Waals surface area contributed by atoms with E-state index in [2.05, 4.69) is 5.32 Å². The largest absolute Gasteiger partial charge is 0.444 e. The first-order valence-electron chi connectivity index (χ1n) is 9.06. The molecule has 142 valence electrons. The van der Waals surface area contributed by atoms with Gasteiger partial charge in [0.05, 0.1) is 6.10 Å². The number of benzene rings is 2. The summed E-state index contributed by atoms with van der Waals surface area (Å²) < 4.78 is 5.27. The molecule has 0 bridgehead atoms.